The van der Waals surface area contributed by atoms with Gasteiger partial charge in [-0.25, -0.2) is 4.68 Å². The first-order chi connectivity index (χ1) is 13.1. The molecule has 3 aromatic rings. The van der Waals surface area contributed by atoms with Crippen LogP contribution >= 0.6 is 11.8 Å². The van der Waals surface area contributed by atoms with Gasteiger partial charge < -0.3 is 14.6 Å². The van der Waals surface area contributed by atoms with E-state index in [2.05, 4.69) is 15.6 Å². The summed E-state index contributed by atoms with van der Waals surface area (Å²) in [5.41, 5.74) is 3.00. The molecule has 1 N–H and O–H groups in total. The molecule has 0 fully saturated rings. The Morgan fingerprint density at radius 3 is 2.70 bits per heavy atom. The first-order valence-corrected chi connectivity index (χ1v) is 9.66. The number of aryl methyl sites for hydroxylation is 2. The van der Waals surface area contributed by atoms with Gasteiger partial charge in [-0.2, -0.15) is 5.10 Å². The third-order valence-electron chi connectivity index (χ3n) is 4.14. The molecule has 0 aliphatic carbocycles. The van der Waals surface area contributed by atoms with Crippen molar-refractivity contribution in [1.82, 2.24) is 14.9 Å². The molecular formula is C19H22N4O3S. The highest BCUT2D eigenvalue weighted by molar-refractivity contribution is 7.99. The van der Waals surface area contributed by atoms with Crippen LogP contribution in [0.4, 0.5) is 5.82 Å². The molecule has 1 aromatic carbocycles. The highest BCUT2D eigenvalue weighted by Crippen LogP contribution is 2.20. The SMILES string of the molecule is COc1ccc(Cn2nccc2NC(=O)CSCc2c(C)noc2C)cc1. The molecule has 2 heterocycles. The van der Waals surface area contributed by atoms with Gasteiger partial charge in [-0.3, -0.25) is 4.79 Å². The average molecular weight is 386 g/mol. The molecular weight excluding hydrogens is 364 g/mol. The molecule has 142 valence electrons. The van der Waals surface area contributed by atoms with Crippen LogP contribution in [0, 0.1) is 13.8 Å². The zero-order valence-electron chi connectivity index (χ0n) is 15.6. The molecule has 7 nitrogen and oxygen atoms in total. The quantitative estimate of drug-likeness (QED) is 0.639. The summed E-state index contributed by atoms with van der Waals surface area (Å²) in [6.45, 7) is 4.36. The van der Waals surface area contributed by atoms with Crippen molar-refractivity contribution < 1.29 is 14.1 Å². The normalized spacial score (nSPS) is 10.8. The Morgan fingerprint density at radius 1 is 1.26 bits per heavy atom. The van der Waals surface area contributed by atoms with E-state index in [4.69, 9.17) is 9.26 Å². The average Bonchev–Trinajstić information content (AvgIpc) is 3.23. The summed E-state index contributed by atoms with van der Waals surface area (Å²) in [6.07, 6.45) is 1.68. The van der Waals surface area contributed by atoms with Crippen molar-refractivity contribution in [3.63, 3.8) is 0 Å². The number of benzene rings is 1. The lowest BCUT2D eigenvalue weighted by atomic mass is 10.2. The lowest BCUT2D eigenvalue weighted by Crippen LogP contribution is -2.18. The summed E-state index contributed by atoms with van der Waals surface area (Å²) in [6, 6.07) is 9.56. The van der Waals surface area contributed by atoms with Crippen LogP contribution in [0.3, 0.4) is 0 Å². The van der Waals surface area contributed by atoms with Crippen molar-refractivity contribution in [3.8, 4) is 5.75 Å². The van der Waals surface area contributed by atoms with Gasteiger partial charge in [0.2, 0.25) is 5.91 Å². The van der Waals surface area contributed by atoms with Crippen molar-refractivity contribution in [2.75, 3.05) is 18.2 Å². The summed E-state index contributed by atoms with van der Waals surface area (Å²) in [5, 5.41) is 11.1. The maximum atomic E-state index is 12.3. The Hall–Kier alpha value is -2.74. The standard InChI is InChI=1S/C19H22N4O3S/c1-13-17(14(2)26-22-13)11-27-12-19(24)21-18-8-9-20-23(18)10-15-4-6-16(25-3)7-5-15/h4-9H,10-12H2,1-3H3,(H,21,24). The second-order valence-electron chi connectivity index (χ2n) is 6.07. The van der Waals surface area contributed by atoms with E-state index in [1.54, 1.807) is 24.1 Å². The molecule has 0 atom stereocenters. The van der Waals surface area contributed by atoms with E-state index in [0.717, 1.165) is 28.3 Å². The molecule has 0 unspecified atom stereocenters. The Bertz CT molecular complexity index is 883. The predicted molar refractivity (Wildman–Crippen MR) is 105 cm³/mol. The van der Waals surface area contributed by atoms with Crippen LogP contribution in [0.1, 0.15) is 22.6 Å². The predicted octanol–water partition coefficient (Wildman–Crippen LogP) is 3.42. The lowest BCUT2D eigenvalue weighted by Gasteiger charge is -2.09. The summed E-state index contributed by atoms with van der Waals surface area (Å²) in [4.78, 5) is 12.3. The number of hydrogen-bond donors (Lipinski definition) is 1. The smallest absolute Gasteiger partial charge is 0.235 e. The number of hydrogen-bond acceptors (Lipinski definition) is 6. The maximum absolute atomic E-state index is 12.3. The van der Waals surface area contributed by atoms with Crippen molar-refractivity contribution in [2.45, 2.75) is 26.1 Å². The van der Waals surface area contributed by atoms with Crippen LogP contribution in [-0.4, -0.2) is 33.7 Å². The van der Waals surface area contributed by atoms with Crippen LogP contribution in [0.2, 0.25) is 0 Å². The van der Waals surface area contributed by atoms with Gasteiger partial charge in [-0.05, 0) is 31.5 Å². The van der Waals surface area contributed by atoms with Crippen molar-refractivity contribution in [2.24, 2.45) is 0 Å². The zero-order valence-corrected chi connectivity index (χ0v) is 16.4. The highest BCUT2D eigenvalue weighted by Gasteiger charge is 2.12. The van der Waals surface area contributed by atoms with Gasteiger partial charge >= 0.3 is 0 Å². The second-order valence-corrected chi connectivity index (χ2v) is 7.05. The summed E-state index contributed by atoms with van der Waals surface area (Å²) in [7, 11) is 1.64. The molecule has 8 heteroatoms. The third kappa shape index (κ3) is 4.91. The molecule has 2 aromatic heterocycles. The Kier molecular flexibility index (Phi) is 6.18. The third-order valence-corrected chi connectivity index (χ3v) is 5.10. The van der Waals surface area contributed by atoms with E-state index in [9.17, 15) is 4.79 Å². The Balaban J connectivity index is 1.53. The van der Waals surface area contributed by atoms with E-state index in [0.29, 0.717) is 23.9 Å². The molecule has 27 heavy (non-hydrogen) atoms. The minimum Gasteiger partial charge on any atom is -0.497 e. The summed E-state index contributed by atoms with van der Waals surface area (Å²) >= 11 is 1.53. The molecule has 0 bridgehead atoms. The van der Waals surface area contributed by atoms with Gasteiger partial charge in [0.05, 0.1) is 31.3 Å². The number of carbonyl (C=O) groups excluding carboxylic acids is 1. The molecule has 0 aliphatic rings. The first-order valence-electron chi connectivity index (χ1n) is 8.51. The van der Waals surface area contributed by atoms with Crippen LogP contribution < -0.4 is 10.1 Å². The van der Waals surface area contributed by atoms with Crippen molar-refractivity contribution in [1.29, 1.82) is 0 Å². The van der Waals surface area contributed by atoms with Crippen LogP contribution in [0.15, 0.2) is 41.1 Å². The van der Waals surface area contributed by atoms with Gasteiger partial charge in [-0.1, -0.05) is 17.3 Å². The van der Waals surface area contributed by atoms with Crippen LogP contribution in [0.5, 0.6) is 5.75 Å². The largest absolute Gasteiger partial charge is 0.497 e. The number of thioether (sulfide) groups is 1. The zero-order chi connectivity index (χ0) is 19.2. The molecule has 3 rings (SSSR count). The number of carbonyl (C=O) groups is 1. The molecule has 0 spiro atoms. The first kappa shape index (κ1) is 19.0. The van der Waals surface area contributed by atoms with E-state index in [1.165, 1.54) is 11.8 Å². The molecule has 0 aliphatic heterocycles. The van der Waals surface area contributed by atoms with E-state index in [-0.39, 0.29) is 5.91 Å². The number of anilines is 1. The Labute approximate surface area is 162 Å². The summed E-state index contributed by atoms with van der Waals surface area (Å²) in [5.74, 6) is 3.26. The van der Waals surface area contributed by atoms with Gasteiger partial charge in [0, 0.05) is 17.4 Å². The number of amides is 1. The lowest BCUT2D eigenvalue weighted by molar-refractivity contribution is -0.113. The number of methoxy groups -OCH3 is 1. The van der Waals surface area contributed by atoms with E-state index in [1.807, 2.05) is 38.1 Å². The van der Waals surface area contributed by atoms with Gasteiger partial charge in [-0.15, -0.1) is 11.8 Å². The Morgan fingerprint density at radius 2 is 2.04 bits per heavy atom. The number of nitrogens with one attached hydrogen (secondary N) is 1. The van der Waals surface area contributed by atoms with Gasteiger partial charge in [0.25, 0.3) is 0 Å². The topological polar surface area (TPSA) is 82.2 Å². The second kappa shape index (κ2) is 8.77. The van der Waals surface area contributed by atoms with Crippen LogP contribution in [-0.2, 0) is 17.1 Å². The fourth-order valence-corrected chi connectivity index (χ4v) is 3.58. The van der Waals surface area contributed by atoms with Gasteiger partial charge in [0.15, 0.2) is 0 Å². The monoisotopic (exact) mass is 386 g/mol. The number of ether oxygens (including phenoxy) is 1. The van der Waals surface area contributed by atoms with Crippen molar-refractivity contribution in [3.05, 3.63) is 59.1 Å². The molecule has 0 radical (unpaired) electrons. The minimum atomic E-state index is -0.0664. The number of nitrogens with zero attached hydrogens (tertiary/aromatic N) is 3. The number of rotatable bonds is 8. The fourth-order valence-electron chi connectivity index (χ4n) is 2.60. The van der Waals surface area contributed by atoms with Crippen molar-refractivity contribution >= 4 is 23.5 Å². The highest BCUT2D eigenvalue weighted by atomic mass is 32.2. The fraction of sp³-hybridized carbons (Fsp3) is 0.316. The molecule has 1 amide bonds. The van der Waals surface area contributed by atoms with Gasteiger partial charge in [0.1, 0.15) is 17.3 Å². The van der Waals surface area contributed by atoms with E-state index < -0.39 is 0 Å². The van der Waals surface area contributed by atoms with Crippen LogP contribution in [0.25, 0.3) is 0 Å². The maximum Gasteiger partial charge on any atom is 0.235 e. The number of aromatic nitrogens is 3. The minimum absolute atomic E-state index is 0.0664. The molecule has 0 saturated heterocycles. The van der Waals surface area contributed by atoms with E-state index >= 15 is 0 Å². The summed E-state index contributed by atoms with van der Waals surface area (Å²) < 4.78 is 12.1. The molecule has 0 saturated carbocycles.